The lowest BCUT2D eigenvalue weighted by Crippen LogP contribution is -2.33. The summed E-state index contributed by atoms with van der Waals surface area (Å²) in [6.45, 7) is 1.03. The zero-order chi connectivity index (χ0) is 12.0. The fraction of sp³-hybridized carbons (Fsp3) is 0.538. The number of nitrogens with zero attached hydrogens (tertiary/aromatic N) is 1. The molecule has 1 saturated heterocycles. The molecule has 2 fully saturated rings. The second kappa shape index (κ2) is 4.23. The molecule has 92 valence electrons. The summed E-state index contributed by atoms with van der Waals surface area (Å²) in [5, 5.41) is 0.498. The smallest absolute Gasteiger partial charge is 0.124 e. The summed E-state index contributed by atoms with van der Waals surface area (Å²) in [5.74, 6) is -0.289. The van der Waals surface area contributed by atoms with Crippen LogP contribution in [0.15, 0.2) is 18.2 Å². The van der Waals surface area contributed by atoms with Gasteiger partial charge in [0.15, 0.2) is 0 Å². The first-order valence-corrected chi connectivity index (χ1v) is 6.51. The van der Waals surface area contributed by atoms with Gasteiger partial charge in [-0.25, -0.2) is 4.39 Å². The average molecular weight is 255 g/mol. The van der Waals surface area contributed by atoms with E-state index in [1.807, 2.05) is 0 Å². The van der Waals surface area contributed by atoms with Crippen LogP contribution in [0.5, 0.6) is 0 Å². The molecule has 1 heterocycles. The summed E-state index contributed by atoms with van der Waals surface area (Å²) in [5.41, 5.74) is 7.16. The van der Waals surface area contributed by atoms with E-state index in [0.717, 1.165) is 18.5 Å². The highest BCUT2D eigenvalue weighted by molar-refractivity contribution is 6.31. The van der Waals surface area contributed by atoms with Crippen molar-refractivity contribution in [1.82, 2.24) is 4.90 Å². The van der Waals surface area contributed by atoms with Gasteiger partial charge in [-0.05, 0) is 37.0 Å². The molecule has 1 saturated carbocycles. The first-order valence-electron chi connectivity index (χ1n) is 6.13. The number of rotatable bonds is 2. The number of hydrogen-bond donors (Lipinski definition) is 1. The van der Waals surface area contributed by atoms with Gasteiger partial charge in [-0.2, -0.15) is 0 Å². The van der Waals surface area contributed by atoms with Crippen LogP contribution in [0, 0.1) is 5.82 Å². The maximum absolute atomic E-state index is 13.1. The average Bonchev–Trinajstić information content (AvgIpc) is 3.04. The van der Waals surface area contributed by atoms with E-state index >= 15 is 0 Å². The minimum absolute atomic E-state index is 0.110. The van der Waals surface area contributed by atoms with Crippen LogP contribution < -0.4 is 5.73 Å². The van der Waals surface area contributed by atoms with E-state index in [1.165, 1.54) is 25.0 Å². The van der Waals surface area contributed by atoms with Crippen molar-refractivity contribution in [3.8, 4) is 0 Å². The Labute approximate surface area is 106 Å². The van der Waals surface area contributed by atoms with E-state index in [0.29, 0.717) is 11.1 Å². The first kappa shape index (κ1) is 11.5. The highest BCUT2D eigenvalue weighted by Gasteiger charge is 2.41. The van der Waals surface area contributed by atoms with E-state index in [2.05, 4.69) is 4.90 Å². The van der Waals surface area contributed by atoms with Crippen molar-refractivity contribution in [2.24, 2.45) is 5.73 Å². The Morgan fingerprint density at radius 1 is 1.29 bits per heavy atom. The fourth-order valence-electron chi connectivity index (χ4n) is 2.81. The molecule has 1 aliphatic heterocycles. The highest BCUT2D eigenvalue weighted by atomic mass is 35.5. The number of halogens is 2. The third-order valence-electron chi connectivity index (χ3n) is 3.78. The quantitative estimate of drug-likeness (QED) is 0.879. The molecule has 1 aromatic rings. The van der Waals surface area contributed by atoms with E-state index in [9.17, 15) is 4.39 Å². The second-order valence-corrected chi connectivity index (χ2v) is 5.44. The lowest BCUT2D eigenvalue weighted by molar-refractivity contribution is 0.237. The van der Waals surface area contributed by atoms with Gasteiger partial charge in [0, 0.05) is 23.7 Å². The van der Waals surface area contributed by atoms with Crippen LogP contribution in [0.2, 0.25) is 5.02 Å². The Balaban J connectivity index is 1.94. The zero-order valence-electron chi connectivity index (χ0n) is 9.57. The summed E-state index contributed by atoms with van der Waals surface area (Å²) in [4.78, 5) is 2.43. The fourth-order valence-corrected chi connectivity index (χ4v) is 3.09. The Hall–Kier alpha value is -0.640. The van der Waals surface area contributed by atoms with Crippen LogP contribution in [-0.2, 0) is 0 Å². The molecular weight excluding hydrogens is 239 g/mol. The van der Waals surface area contributed by atoms with Crippen LogP contribution in [0.1, 0.15) is 30.9 Å². The van der Waals surface area contributed by atoms with Crippen LogP contribution in [0.3, 0.4) is 0 Å². The Kier molecular flexibility index (Phi) is 2.85. The zero-order valence-corrected chi connectivity index (χ0v) is 10.3. The lowest BCUT2D eigenvalue weighted by Gasteiger charge is -2.27. The van der Waals surface area contributed by atoms with E-state index in [4.69, 9.17) is 17.3 Å². The number of likely N-dealkylation sites (tertiary alicyclic amines) is 1. The number of benzene rings is 1. The summed E-state index contributed by atoms with van der Waals surface area (Å²) in [6, 6.07) is 5.57. The van der Waals surface area contributed by atoms with Crippen molar-refractivity contribution in [2.45, 2.75) is 37.4 Å². The SMILES string of the molecule is NC1CCN(C2CC2)C1c1ccc(F)cc1Cl. The molecule has 2 atom stereocenters. The molecule has 3 rings (SSSR count). The van der Waals surface area contributed by atoms with Crippen molar-refractivity contribution >= 4 is 11.6 Å². The Morgan fingerprint density at radius 2 is 2.06 bits per heavy atom. The number of nitrogens with two attached hydrogens (primary N) is 1. The molecule has 4 heteroatoms. The second-order valence-electron chi connectivity index (χ2n) is 5.03. The molecule has 2 unspecified atom stereocenters. The van der Waals surface area contributed by atoms with Gasteiger partial charge in [-0.3, -0.25) is 4.90 Å². The van der Waals surface area contributed by atoms with E-state index in [-0.39, 0.29) is 17.9 Å². The van der Waals surface area contributed by atoms with Crippen molar-refractivity contribution in [3.05, 3.63) is 34.6 Å². The number of hydrogen-bond acceptors (Lipinski definition) is 2. The lowest BCUT2D eigenvalue weighted by atomic mass is 10.0. The topological polar surface area (TPSA) is 29.3 Å². The molecule has 0 spiro atoms. The van der Waals surface area contributed by atoms with Crippen LogP contribution >= 0.6 is 11.6 Å². The van der Waals surface area contributed by atoms with Gasteiger partial charge >= 0.3 is 0 Å². The summed E-state index contributed by atoms with van der Waals surface area (Å²) in [6.07, 6.45) is 3.50. The molecule has 2 N–H and O–H groups in total. The van der Waals surface area contributed by atoms with Gasteiger partial charge in [0.2, 0.25) is 0 Å². The van der Waals surface area contributed by atoms with E-state index < -0.39 is 0 Å². The van der Waals surface area contributed by atoms with Gasteiger partial charge < -0.3 is 5.73 Å². The van der Waals surface area contributed by atoms with Gasteiger partial charge in [0.1, 0.15) is 5.82 Å². The molecule has 1 aliphatic carbocycles. The summed E-state index contributed by atoms with van der Waals surface area (Å²) >= 11 is 6.14. The molecule has 0 aromatic heterocycles. The monoisotopic (exact) mass is 254 g/mol. The molecular formula is C13H16ClFN2. The predicted octanol–water partition coefficient (Wildman–Crippen LogP) is 2.72. The first-order chi connectivity index (χ1) is 8.16. The van der Waals surface area contributed by atoms with Crippen molar-refractivity contribution in [2.75, 3.05) is 6.54 Å². The van der Waals surface area contributed by atoms with Crippen LogP contribution in [-0.4, -0.2) is 23.5 Å². The van der Waals surface area contributed by atoms with Crippen LogP contribution in [0.25, 0.3) is 0 Å². The maximum Gasteiger partial charge on any atom is 0.124 e. The molecule has 2 aliphatic rings. The minimum Gasteiger partial charge on any atom is -0.326 e. The Bertz CT molecular complexity index is 433. The Morgan fingerprint density at radius 3 is 2.71 bits per heavy atom. The summed E-state index contributed by atoms with van der Waals surface area (Å²) < 4.78 is 13.1. The predicted molar refractivity (Wildman–Crippen MR) is 66.5 cm³/mol. The molecule has 0 amide bonds. The van der Waals surface area contributed by atoms with Crippen molar-refractivity contribution in [3.63, 3.8) is 0 Å². The highest BCUT2D eigenvalue weighted by Crippen LogP contribution is 2.42. The molecule has 0 bridgehead atoms. The molecule has 0 radical (unpaired) electrons. The normalized spacial score (nSPS) is 29.8. The van der Waals surface area contributed by atoms with Crippen LogP contribution in [0.4, 0.5) is 4.39 Å². The standard InChI is InChI=1S/C13H16ClFN2/c14-11-7-8(15)1-4-10(11)13-12(16)5-6-17(13)9-2-3-9/h1,4,7,9,12-13H,2-3,5-6,16H2. The van der Waals surface area contributed by atoms with Gasteiger partial charge in [-0.15, -0.1) is 0 Å². The molecule has 1 aromatic carbocycles. The summed E-state index contributed by atoms with van der Waals surface area (Å²) in [7, 11) is 0. The van der Waals surface area contributed by atoms with Crippen molar-refractivity contribution in [1.29, 1.82) is 0 Å². The largest absolute Gasteiger partial charge is 0.326 e. The van der Waals surface area contributed by atoms with Gasteiger partial charge in [0.05, 0.1) is 6.04 Å². The third-order valence-corrected chi connectivity index (χ3v) is 4.11. The van der Waals surface area contributed by atoms with E-state index in [1.54, 1.807) is 6.07 Å². The maximum atomic E-state index is 13.1. The molecule has 2 nitrogen and oxygen atoms in total. The van der Waals surface area contributed by atoms with Gasteiger partial charge in [-0.1, -0.05) is 17.7 Å². The third kappa shape index (κ3) is 2.07. The molecule has 17 heavy (non-hydrogen) atoms. The van der Waals surface area contributed by atoms with Gasteiger partial charge in [0.25, 0.3) is 0 Å². The van der Waals surface area contributed by atoms with Crippen molar-refractivity contribution < 1.29 is 4.39 Å². The minimum atomic E-state index is -0.289.